The van der Waals surface area contributed by atoms with Crippen molar-refractivity contribution >= 4 is 40.3 Å². The van der Waals surface area contributed by atoms with Crippen LogP contribution in [0.3, 0.4) is 0 Å². The minimum absolute atomic E-state index is 0.0239. The number of carbonyl (C=O) groups is 4. The summed E-state index contributed by atoms with van der Waals surface area (Å²) >= 11 is 0. The van der Waals surface area contributed by atoms with E-state index in [0.717, 1.165) is 22.0 Å². The zero-order valence-electron chi connectivity index (χ0n) is 22.8. The summed E-state index contributed by atoms with van der Waals surface area (Å²) in [7, 11) is 1.29. The Kier molecular flexibility index (Phi) is 8.43. The summed E-state index contributed by atoms with van der Waals surface area (Å²) in [5, 5.41) is 6.60. The van der Waals surface area contributed by atoms with Gasteiger partial charge in [0.1, 0.15) is 17.8 Å². The molecule has 0 spiro atoms. The van der Waals surface area contributed by atoms with Gasteiger partial charge in [-0.3, -0.25) is 24.1 Å². The Bertz CT molecular complexity index is 1530. The van der Waals surface area contributed by atoms with Crippen molar-refractivity contribution in [2.24, 2.45) is 0 Å². The minimum atomic E-state index is -0.898. The lowest BCUT2D eigenvalue weighted by Crippen LogP contribution is -2.55. The number of hydrogen-bond acceptors (Lipinski definition) is 5. The van der Waals surface area contributed by atoms with E-state index in [-0.39, 0.29) is 24.8 Å². The highest BCUT2D eigenvalue weighted by Gasteiger charge is 2.41. The van der Waals surface area contributed by atoms with E-state index >= 15 is 0 Å². The number of nitrogens with one attached hydrogen (secondary N) is 3. The molecule has 3 amide bonds. The summed E-state index contributed by atoms with van der Waals surface area (Å²) in [4.78, 5) is 57.1. The van der Waals surface area contributed by atoms with Crippen molar-refractivity contribution in [1.29, 1.82) is 0 Å². The van der Waals surface area contributed by atoms with Crippen molar-refractivity contribution in [2.45, 2.75) is 37.8 Å². The maximum Gasteiger partial charge on any atom is 0.307 e. The Morgan fingerprint density at radius 3 is 2.49 bits per heavy atom. The maximum atomic E-state index is 14.3. The van der Waals surface area contributed by atoms with Crippen molar-refractivity contribution in [3.63, 3.8) is 0 Å². The van der Waals surface area contributed by atoms with E-state index in [2.05, 4.69) is 20.4 Å². The number of aryl methyl sites for hydroxylation is 1. The van der Waals surface area contributed by atoms with Gasteiger partial charge >= 0.3 is 5.97 Å². The number of amides is 3. The largest absolute Gasteiger partial charge is 0.469 e. The topological polar surface area (TPSA) is 121 Å². The van der Waals surface area contributed by atoms with Crippen LogP contribution in [0.15, 0.2) is 84.9 Å². The number of aromatic nitrogens is 1. The lowest BCUT2D eigenvalue weighted by atomic mass is 10.0. The normalized spacial score (nSPS) is 14.8. The summed E-state index contributed by atoms with van der Waals surface area (Å²) in [5.41, 5.74) is 3.70. The molecule has 1 aliphatic rings. The molecule has 0 aliphatic carbocycles. The van der Waals surface area contributed by atoms with Gasteiger partial charge in [0.15, 0.2) is 0 Å². The zero-order valence-corrected chi connectivity index (χ0v) is 22.8. The van der Waals surface area contributed by atoms with Gasteiger partial charge < -0.3 is 20.4 Å². The molecule has 0 saturated carbocycles. The number of benzene rings is 3. The zero-order chi connectivity index (χ0) is 28.8. The number of hydrogen-bond donors (Lipinski definition) is 3. The minimum Gasteiger partial charge on any atom is -0.469 e. The first kappa shape index (κ1) is 27.6. The molecule has 5 rings (SSSR count). The number of carbonyl (C=O) groups excluding carboxylic acids is 4. The Morgan fingerprint density at radius 2 is 1.71 bits per heavy atom. The molecular formula is C32H32N4O5. The molecule has 210 valence electrons. The number of nitrogens with zero attached hydrogens (tertiary/aromatic N) is 1. The Hall–Kier alpha value is -4.92. The number of anilines is 1. The summed E-state index contributed by atoms with van der Waals surface area (Å²) in [6, 6.07) is 24.7. The third-order valence-electron chi connectivity index (χ3n) is 7.31. The third kappa shape index (κ3) is 6.30. The second kappa shape index (κ2) is 12.5. The molecule has 41 heavy (non-hydrogen) atoms. The van der Waals surface area contributed by atoms with Gasteiger partial charge in [-0.25, -0.2) is 0 Å². The standard InChI is InChI=1S/C32H32N4O5/c1-41-29(37)17-18-33-31(39)28-20-23-12-6-8-14-27(23)36(28)32(40)25(16-15-21-9-3-2-4-10-21)35-30(38)26-19-22-11-5-7-13-24(22)34-26/h2-14,19,25,28,34H,15-18,20H2,1H3,(H,33,39)(H,35,38)/t25-,28-/m0/s1. The van der Waals surface area contributed by atoms with Gasteiger partial charge in [-0.15, -0.1) is 0 Å². The summed E-state index contributed by atoms with van der Waals surface area (Å²) in [6.07, 6.45) is 1.24. The number of aromatic amines is 1. The van der Waals surface area contributed by atoms with E-state index < -0.39 is 24.0 Å². The Morgan fingerprint density at radius 1 is 0.976 bits per heavy atom. The van der Waals surface area contributed by atoms with E-state index in [1.807, 2.05) is 78.9 Å². The van der Waals surface area contributed by atoms with Crippen molar-refractivity contribution in [2.75, 3.05) is 18.6 Å². The first-order valence-electron chi connectivity index (χ1n) is 13.6. The highest BCUT2D eigenvalue weighted by Crippen LogP contribution is 2.33. The predicted octanol–water partition coefficient (Wildman–Crippen LogP) is 3.54. The molecule has 2 heterocycles. The van der Waals surface area contributed by atoms with Crippen molar-refractivity contribution in [3.05, 3.63) is 102 Å². The fourth-order valence-corrected chi connectivity index (χ4v) is 5.19. The third-order valence-corrected chi connectivity index (χ3v) is 7.31. The quantitative estimate of drug-likeness (QED) is 0.260. The number of ether oxygens (including phenoxy) is 1. The molecule has 4 aromatic rings. The van der Waals surface area contributed by atoms with Crippen LogP contribution < -0.4 is 15.5 Å². The Balaban J connectivity index is 1.41. The van der Waals surface area contributed by atoms with Crippen LogP contribution >= 0.6 is 0 Å². The fourth-order valence-electron chi connectivity index (χ4n) is 5.19. The fraction of sp³-hybridized carbons (Fsp3) is 0.250. The second-order valence-electron chi connectivity index (χ2n) is 9.99. The molecule has 0 bridgehead atoms. The number of esters is 1. The highest BCUT2D eigenvalue weighted by molar-refractivity contribution is 6.08. The SMILES string of the molecule is COC(=O)CCNC(=O)[C@@H]1Cc2ccccc2N1C(=O)[C@H](CCc1ccccc1)NC(=O)c1cc2ccccc2[nH]1. The van der Waals surface area contributed by atoms with Gasteiger partial charge in [0.25, 0.3) is 5.91 Å². The van der Waals surface area contributed by atoms with Crippen LogP contribution in [0.4, 0.5) is 5.69 Å². The molecule has 2 atom stereocenters. The lowest BCUT2D eigenvalue weighted by Gasteiger charge is -2.29. The van der Waals surface area contributed by atoms with Gasteiger partial charge in [0, 0.05) is 29.6 Å². The highest BCUT2D eigenvalue weighted by atomic mass is 16.5. The van der Waals surface area contributed by atoms with Crippen LogP contribution in [0.5, 0.6) is 0 Å². The van der Waals surface area contributed by atoms with Crippen LogP contribution in [0.1, 0.15) is 34.5 Å². The Labute approximate surface area is 237 Å². The van der Waals surface area contributed by atoms with E-state index in [1.54, 1.807) is 6.07 Å². The van der Waals surface area contributed by atoms with Gasteiger partial charge in [-0.1, -0.05) is 66.7 Å². The first-order chi connectivity index (χ1) is 19.9. The lowest BCUT2D eigenvalue weighted by molar-refractivity contribution is -0.140. The number of para-hydroxylation sites is 2. The molecule has 1 aliphatic heterocycles. The summed E-state index contributed by atoms with van der Waals surface area (Å²) in [5.74, 6) is -1.58. The van der Waals surface area contributed by atoms with Gasteiger partial charge in [0.2, 0.25) is 11.8 Å². The van der Waals surface area contributed by atoms with Crippen LogP contribution in [-0.4, -0.2) is 54.4 Å². The summed E-state index contributed by atoms with van der Waals surface area (Å²) < 4.78 is 4.66. The molecule has 0 radical (unpaired) electrons. The first-order valence-corrected chi connectivity index (χ1v) is 13.6. The number of fused-ring (bicyclic) bond motifs is 2. The molecule has 1 aromatic heterocycles. The van der Waals surface area contributed by atoms with Crippen molar-refractivity contribution in [1.82, 2.24) is 15.6 Å². The molecule has 0 fully saturated rings. The monoisotopic (exact) mass is 552 g/mol. The van der Waals surface area contributed by atoms with E-state index in [9.17, 15) is 19.2 Å². The van der Waals surface area contributed by atoms with E-state index in [4.69, 9.17) is 0 Å². The van der Waals surface area contributed by atoms with Crippen LogP contribution in [0, 0.1) is 0 Å². The number of methoxy groups -OCH3 is 1. The van der Waals surface area contributed by atoms with Gasteiger partial charge in [-0.2, -0.15) is 0 Å². The van der Waals surface area contributed by atoms with Crippen molar-refractivity contribution < 1.29 is 23.9 Å². The second-order valence-corrected chi connectivity index (χ2v) is 9.99. The van der Waals surface area contributed by atoms with Crippen molar-refractivity contribution in [3.8, 4) is 0 Å². The molecule has 3 N–H and O–H groups in total. The predicted molar refractivity (Wildman–Crippen MR) is 155 cm³/mol. The average Bonchev–Trinajstić information content (AvgIpc) is 3.61. The number of H-pyrrole nitrogens is 1. The molecule has 9 nitrogen and oxygen atoms in total. The average molecular weight is 553 g/mol. The van der Waals surface area contributed by atoms with Gasteiger partial charge in [0.05, 0.1) is 13.5 Å². The smallest absolute Gasteiger partial charge is 0.307 e. The van der Waals surface area contributed by atoms with Crippen LogP contribution in [0.2, 0.25) is 0 Å². The number of rotatable bonds is 10. The van der Waals surface area contributed by atoms with Crippen LogP contribution in [0.25, 0.3) is 10.9 Å². The van der Waals surface area contributed by atoms with Gasteiger partial charge in [-0.05, 0) is 42.2 Å². The van der Waals surface area contributed by atoms with Crippen LogP contribution in [-0.2, 0) is 32.0 Å². The van der Waals surface area contributed by atoms with E-state index in [0.29, 0.717) is 30.6 Å². The maximum absolute atomic E-state index is 14.3. The molecule has 9 heteroatoms. The molecule has 3 aromatic carbocycles. The molecular weight excluding hydrogens is 520 g/mol. The molecule has 0 saturated heterocycles. The summed E-state index contributed by atoms with van der Waals surface area (Å²) in [6.45, 7) is 0.0922. The van der Waals surface area contributed by atoms with E-state index in [1.165, 1.54) is 12.0 Å². The molecule has 0 unspecified atom stereocenters.